The summed E-state index contributed by atoms with van der Waals surface area (Å²) in [6.45, 7) is 2.46. The normalized spacial score (nSPS) is 18.7. The van der Waals surface area contributed by atoms with Crippen LogP contribution in [0, 0.1) is 11.6 Å². The first kappa shape index (κ1) is 14.0. The van der Waals surface area contributed by atoms with Gasteiger partial charge in [0.05, 0.1) is 6.61 Å². The number of hydrogen-bond donors (Lipinski definition) is 1. The molecule has 4 heteroatoms. The van der Waals surface area contributed by atoms with Crippen LogP contribution in [0.25, 0.3) is 0 Å². The van der Waals surface area contributed by atoms with Gasteiger partial charge < -0.3 is 10.1 Å². The highest BCUT2D eigenvalue weighted by atomic mass is 19.2. The number of benzene rings is 2. The number of fused-ring (bicyclic) bond motifs is 1. The van der Waals surface area contributed by atoms with Crippen molar-refractivity contribution in [2.45, 2.75) is 25.4 Å². The smallest absolute Gasteiger partial charge is 0.163 e. The maximum Gasteiger partial charge on any atom is 0.163 e. The molecular formula is C17H17F2NO. The molecule has 1 N–H and O–H groups in total. The Balaban J connectivity index is 1.83. The lowest BCUT2D eigenvalue weighted by atomic mass is 9.98. The molecule has 0 saturated heterocycles. The molecular weight excluding hydrogens is 272 g/mol. The summed E-state index contributed by atoms with van der Waals surface area (Å²) in [4.78, 5) is 0. The third-order valence-electron chi connectivity index (χ3n) is 3.86. The van der Waals surface area contributed by atoms with Crippen LogP contribution in [0.3, 0.4) is 0 Å². The number of para-hydroxylation sites is 1. The molecule has 2 atom stereocenters. The Morgan fingerprint density at radius 2 is 1.95 bits per heavy atom. The lowest BCUT2D eigenvalue weighted by Gasteiger charge is -2.29. The lowest BCUT2D eigenvalue weighted by Crippen LogP contribution is -2.29. The van der Waals surface area contributed by atoms with E-state index in [2.05, 4.69) is 5.32 Å². The molecule has 1 aliphatic heterocycles. The average Bonchev–Trinajstić information content (AvgIpc) is 2.50. The van der Waals surface area contributed by atoms with E-state index < -0.39 is 11.6 Å². The first-order chi connectivity index (χ1) is 10.2. The fraction of sp³-hybridized carbons (Fsp3) is 0.294. The van der Waals surface area contributed by atoms with E-state index in [0.29, 0.717) is 12.2 Å². The zero-order valence-corrected chi connectivity index (χ0v) is 11.8. The average molecular weight is 289 g/mol. The van der Waals surface area contributed by atoms with Gasteiger partial charge in [-0.15, -0.1) is 0 Å². The van der Waals surface area contributed by atoms with E-state index in [-0.39, 0.29) is 12.1 Å². The van der Waals surface area contributed by atoms with Crippen molar-refractivity contribution in [2.75, 3.05) is 6.61 Å². The molecule has 0 radical (unpaired) electrons. The summed E-state index contributed by atoms with van der Waals surface area (Å²) >= 11 is 0. The predicted molar refractivity (Wildman–Crippen MR) is 77.2 cm³/mol. The zero-order chi connectivity index (χ0) is 14.8. The minimum Gasteiger partial charge on any atom is -0.493 e. The Hall–Kier alpha value is -1.94. The second-order valence-electron chi connectivity index (χ2n) is 5.26. The number of halogens is 2. The van der Waals surface area contributed by atoms with E-state index in [9.17, 15) is 8.78 Å². The van der Waals surface area contributed by atoms with Gasteiger partial charge in [0.1, 0.15) is 5.75 Å². The third-order valence-corrected chi connectivity index (χ3v) is 3.86. The summed E-state index contributed by atoms with van der Waals surface area (Å²) < 4.78 is 32.8. The molecule has 0 saturated carbocycles. The molecule has 0 fully saturated rings. The van der Waals surface area contributed by atoms with E-state index >= 15 is 0 Å². The van der Waals surface area contributed by atoms with Gasteiger partial charge in [-0.1, -0.05) is 30.3 Å². The SMILES string of the molecule is CC(NC1CCOc2ccccc21)c1cccc(F)c1F. The molecule has 110 valence electrons. The van der Waals surface area contributed by atoms with Crippen LogP contribution in [-0.4, -0.2) is 6.61 Å². The Morgan fingerprint density at radius 1 is 1.14 bits per heavy atom. The van der Waals surface area contributed by atoms with Crippen LogP contribution in [-0.2, 0) is 0 Å². The first-order valence-electron chi connectivity index (χ1n) is 7.08. The molecule has 2 unspecified atom stereocenters. The second kappa shape index (κ2) is 5.82. The van der Waals surface area contributed by atoms with Crippen LogP contribution in [0.5, 0.6) is 5.75 Å². The molecule has 2 nitrogen and oxygen atoms in total. The standard InChI is InChI=1S/C17H17F2NO/c1-11(12-6-4-7-14(18)17(12)19)20-15-9-10-21-16-8-3-2-5-13(15)16/h2-8,11,15,20H,9-10H2,1H3. The zero-order valence-electron chi connectivity index (χ0n) is 11.8. The van der Waals surface area contributed by atoms with Gasteiger partial charge in [0, 0.05) is 29.6 Å². The number of nitrogens with one attached hydrogen (secondary N) is 1. The van der Waals surface area contributed by atoms with E-state index in [0.717, 1.165) is 23.8 Å². The highest BCUT2D eigenvalue weighted by Gasteiger charge is 2.24. The lowest BCUT2D eigenvalue weighted by molar-refractivity contribution is 0.245. The van der Waals surface area contributed by atoms with Crippen LogP contribution in [0.1, 0.15) is 36.6 Å². The Labute approximate surface area is 122 Å². The Bertz CT molecular complexity index is 644. The van der Waals surface area contributed by atoms with Crippen LogP contribution in [0.15, 0.2) is 42.5 Å². The van der Waals surface area contributed by atoms with Gasteiger partial charge >= 0.3 is 0 Å². The van der Waals surface area contributed by atoms with Crippen molar-refractivity contribution in [3.8, 4) is 5.75 Å². The molecule has 0 aliphatic carbocycles. The molecule has 0 amide bonds. The van der Waals surface area contributed by atoms with E-state index in [1.54, 1.807) is 6.07 Å². The fourth-order valence-corrected chi connectivity index (χ4v) is 2.76. The summed E-state index contributed by atoms with van der Waals surface area (Å²) in [6, 6.07) is 11.9. The number of hydrogen-bond acceptors (Lipinski definition) is 2. The maximum absolute atomic E-state index is 13.9. The molecule has 1 aliphatic rings. The Kier molecular flexibility index (Phi) is 3.88. The van der Waals surface area contributed by atoms with Gasteiger partial charge in [-0.25, -0.2) is 8.78 Å². The van der Waals surface area contributed by atoms with Crippen molar-refractivity contribution in [2.24, 2.45) is 0 Å². The maximum atomic E-state index is 13.9. The molecule has 0 bridgehead atoms. The fourth-order valence-electron chi connectivity index (χ4n) is 2.76. The predicted octanol–water partition coefficient (Wildman–Crippen LogP) is 4.14. The van der Waals surface area contributed by atoms with Crippen molar-refractivity contribution in [1.29, 1.82) is 0 Å². The highest BCUT2D eigenvalue weighted by molar-refractivity contribution is 5.37. The summed E-state index contributed by atoms with van der Waals surface area (Å²) in [5.74, 6) is -0.737. The van der Waals surface area contributed by atoms with Crippen LogP contribution >= 0.6 is 0 Å². The molecule has 0 spiro atoms. The van der Waals surface area contributed by atoms with Crippen molar-refractivity contribution in [3.63, 3.8) is 0 Å². The van der Waals surface area contributed by atoms with Gasteiger partial charge in [0.15, 0.2) is 11.6 Å². The summed E-state index contributed by atoms with van der Waals surface area (Å²) in [5, 5.41) is 3.37. The summed E-state index contributed by atoms with van der Waals surface area (Å²) in [5.41, 5.74) is 1.41. The summed E-state index contributed by atoms with van der Waals surface area (Å²) in [7, 11) is 0. The largest absolute Gasteiger partial charge is 0.493 e. The molecule has 2 aromatic carbocycles. The first-order valence-corrected chi connectivity index (χ1v) is 7.08. The van der Waals surface area contributed by atoms with E-state index in [1.807, 2.05) is 31.2 Å². The monoisotopic (exact) mass is 289 g/mol. The highest BCUT2D eigenvalue weighted by Crippen LogP contribution is 2.33. The Morgan fingerprint density at radius 3 is 2.81 bits per heavy atom. The number of rotatable bonds is 3. The van der Waals surface area contributed by atoms with Gasteiger partial charge in [-0.2, -0.15) is 0 Å². The molecule has 3 rings (SSSR count). The third kappa shape index (κ3) is 2.76. The van der Waals surface area contributed by atoms with Gasteiger partial charge in [0.25, 0.3) is 0 Å². The molecule has 1 heterocycles. The van der Waals surface area contributed by atoms with Crippen molar-refractivity contribution < 1.29 is 13.5 Å². The van der Waals surface area contributed by atoms with Crippen molar-refractivity contribution in [1.82, 2.24) is 5.32 Å². The molecule has 0 aromatic heterocycles. The van der Waals surface area contributed by atoms with Crippen LogP contribution in [0.4, 0.5) is 8.78 Å². The quantitative estimate of drug-likeness (QED) is 0.917. The topological polar surface area (TPSA) is 21.3 Å². The molecule has 2 aromatic rings. The van der Waals surface area contributed by atoms with Crippen LogP contribution < -0.4 is 10.1 Å². The van der Waals surface area contributed by atoms with Gasteiger partial charge in [-0.05, 0) is 19.1 Å². The molecule has 21 heavy (non-hydrogen) atoms. The number of ether oxygens (including phenoxy) is 1. The second-order valence-corrected chi connectivity index (χ2v) is 5.26. The van der Waals surface area contributed by atoms with Crippen molar-refractivity contribution >= 4 is 0 Å². The summed E-state index contributed by atoms with van der Waals surface area (Å²) in [6.07, 6.45) is 0.804. The van der Waals surface area contributed by atoms with E-state index in [4.69, 9.17) is 4.74 Å². The minimum atomic E-state index is -0.812. The van der Waals surface area contributed by atoms with E-state index in [1.165, 1.54) is 6.07 Å². The van der Waals surface area contributed by atoms with Gasteiger partial charge in [-0.3, -0.25) is 0 Å². The van der Waals surface area contributed by atoms with Crippen molar-refractivity contribution in [3.05, 3.63) is 65.2 Å². The van der Waals surface area contributed by atoms with Gasteiger partial charge in [0.2, 0.25) is 0 Å². The minimum absolute atomic E-state index is 0.0765. The van der Waals surface area contributed by atoms with Crippen LogP contribution in [0.2, 0.25) is 0 Å².